The number of nitrogens with zero attached hydrogens (tertiary/aromatic N) is 1. The summed E-state index contributed by atoms with van der Waals surface area (Å²) in [5.41, 5.74) is 2.83. The summed E-state index contributed by atoms with van der Waals surface area (Å²) in [5.74, 6) is 1.82. The van der Waals surface area contributed by atoms with Crippen LogP contribution >= 0.6 is 0 Å². The minimum absolute atomic E-state index is 0.355. The van der Waals surface area contributed by atoms with Crippen LogP contribution in [0, 0.1) is 12.3 Å². The number of aryl methyl sites for hydroxylation is 1. The Kier molecular flexibility index (Phi) is 8.23. The van der Waals surface area contributed by atoms with E-state index < -0.39 is 0 Å². The number of rotatable bonds is 9. The highest BCUT2D eigenvalue weighted by molar-refractivity contribution is 5.79. The monoisotopic (exact) mass is 361 g/mol. The van der Waals surface area contributed by atoms with Crippen LogP contribution in [0.1, 0.15) is 43.2 Å². The van der Waals surface area contributed by atoms with Gasteiger partial charge in [0.2, 0.25) is 0 Å². The fourth-order valence-electron chi connectivity index (χ4n) is 3.87. The van der Waals surface area contributed by atoms with Gasteiger partial charge in [0.1, 0.15) is 5.75 Å². The van der Waals surface area contributed by atoms with Gasteiger partial charge in [-0.15, -0.1) is 0 Å². The molecule has 1 fully saturated rings. The second-order valence-corrected chi connectivity index (χ2v) is 7.37. The predicted octanol–water partition coefficient (Wildman–Crippen LogP) is 3.31. The Balaban J connectivity index is 1.83. The third-order valence-electron chi connectivity index (χ3n) is 5.48. The van der Waals surface area contributed by atoms with Gasteiger partial charge in [0, 0.05) is 33.9 Å². The van der Waals surface area contributed by atoms with E-state index in [0.717, 1.165) is 44.2 Å². The molecule has 0 saturated heterocycles. The number of benzene rings is 1. The highest BCUT2D eigenvalue weighted by Crippen LogP contribution is 2.40. The third-order valence-corrected chi connectivity index (χ3v) is 5.48. The summed E-state index contributed by atoms with van der Waals surface area (Å²) in [7, 11) is 5.35. The first-order chi connectivity index (χ1) is 12.6. The number of aliphatic imine (C=N–C) groups is 1. The molecule has 0 aromatic heterocycles. The van der Waals surface area contributed by atoms with E-state index in [1.807, 2.05) is 13.1 Å². The van der Waals surface area contributed by atoms with Gasteiger partial charge in [-0.25, -0.2) is 0 Å². The van der Waals surface area contributed by atoms with Gasteiger partial charge in [-0.3, -0.25) is 4.99 Å². The maximum absolute atomic E-state index is 5.46. The van der Waals surface area contributed by atoms with Crippen LogP contribution in [0.3, 0.4) is 0 Å². The van der Waals surface area contributed by atoms with E-state index in [2.05, 4.69) is 34.7 Å². The summed E-state index contributed by atoms with van der Waals surface area (Å²) in [4.78, 5) is 4.38. The van der Waals surface area contributed by atoms with Gasteiger partial charge in [-0.1, -0.05) is 30.5 Å². The van der Waals surface area contributed by atoms with Crippen LogP contribution in [0.5, 0.6) is 5.75 Å². The molecule has 1 aliphatic carbocycles. The lowest BCUT2D eigenvalue weighted by Crippen LogP contribution is -2.43. The first kappa shape index (κ1) is 20.6. The summed E-state index contributed by atoms with van der Waals surface area (Å²) in [6.45, 7) is 4.73. The topological polar surface area (TPSA) is 54.9 Å². The van der Waals surface area contributed by atoms with Crippen molar-refractivity contribution in [2.24, 2.45) is 10.4 Å². The average Bonchev–Trinajstić information content (AvgIpc) is 3.12. The van der Waals surface area contributed by atoms with Crippen molar-refractivity contribution in [1.29, 1.82) is 0 Å². The molecule has 0 heterocycles. The molecule has 0 radical (unpaired) electrons. The van der Waals surface area contributed by atoms with E-state index in [1.165, 1.54) is 36.8 Å². The van der Waals surface area contributed by atoms with Gasteiger partial charge in [-0.05, 0) is 49.7 Å². The van der Waals surface area contributed by atoms with E-state index in [1.54, 1.807) is 14.2 Å². The minimum Gasteiger partial charge on any atom is -0.496 e. The van der Waals surface area contributed by atoms with E-state index in [9.17, 15) is 0 Å². The van der Waals surface area contributed by atoms with Crippen LogP contribution in [0.2, 0.25) is 0 Å². The van der Waals surface area contributed by atoms with Gasteiger partial charge in [0.15, 0.2) is 5.96 Å². The van der Waals surface area contributed by atoms with Crippen molar-refractivity contribution in [3.05, 3.63) is 29.3 Å². The lowest BCUT2D eigenvalue weighted by molar-refractivity contribution is 0.138. The highest BCUT2D eigenvalue weighted by Gasteiger charge is 2.33. The zero-order chi connectivity index (χ0) is 18.8. The Morgan fingerprint density at radius 2 is 1.96 bits per heavy atom. The number of nitrogens with one attached hydrogen (secondary N) is 2. The zero-order valence-corrected chi connectivity index (χ0v) is 16.9. The lowest BCUT2D eigenvalue weighted by Gasteiger charge is -2.30. The van der Waals surface area contributed by atoms with Crippen molar-refractivity contribution in [3.8, 4) is 5.75 Å². The third kappa shape index (κ3) is 5.90. The molecule has 0 amide bonds. The fraction of sp³-hybridized carbons (Fsp3) is 0.667. The van der Waals surface area contributed by atoms with Gasteiger partial charge in [-0.2, -0.15) is 0 Å². The smallest absolute Gasteiger partial charge is 0.191 e. The number of methoxy groups -OCH3 is 2. The molecular weight excluding hydrogens is 326 g/mol. The maximum Gasteiger partial charge on any atom is 0.191 e. The van der Waals surface area contributed by atoms with Gasteiger partial charge in [0.05, 0.1) is 7.11 Å². The lowest BCUT2D eigenvalue weighted by atomic mass is 9.83. The largest absolute Gasteiger partial charge is 0.496 e. The van der Waals surface area contributed by atoms with Crippen molar-refractivity contribution in [2.45, 2.75) is 45.4 Å². The normalized spacial score (nSPS) is 16.5. The summed E-state index contributed by atoms with van der Waals surface area (Å²) < 4.78 is 10.8. The molecule has 2 rings (SSSR count). The Morgan fingerprint density at radius 1 is 1.19 bits per heavy atom. The van der Waals surface area contributed by atoms with Crippen molar-refractivity contribution < 1.29 is 9.47 Å². The number of hydrogen-bond acceptors (Lipinski definition) is 3. The van der Waals surface area contributed by atoms with Gasteiger partial charge in [0.25, 0.3) is 0 Å². The minimum atomic E-state index is 0.355. The molecular formula is C21H35N3O2. The second kappa shape index (κ2) is 10.4. The van der Waals surface area contributed by atoms with Crippen molar-refractivity contribution >= 4 is 5.96 Å². The van der Waals surface area contributed by atoms with E-state index >= 15 is 0 Å². The maximum atomic E-state index is 5.46. The molecule has 146 valence electrons. The van der Waals surface area contributed by atoms with Crippen molar-refractivity contribution in [1.82, 2.24) is 10.6 Å². The Hall–Kier alpha value is -1.75. The van der Waals surface area contributed by atoms with E-state index in [-0.39, 0.29) is 0 Å². The molecule has 2 N–H and O–H groups in total. The molecule has 5 heteroatoms. The SMILES string of the molecule is CN=C(NCCc1cc(C)ccc1OC)NCC1(CCOC)CCCC1. The van der Waals surface area contributed by atoms with Crippen LogP contribution in [0.15, 0.2) is 23.2 Å². The Bertz CT molecular complexity index is 581. The first-order valence-electron chi connectivity index (χ1n) is 9.69. The highest BCUT2D eigenvalue weighted by atomic mass is 16.5. The molecule has 1 aromatic carbocycles. The predicted molar refractivity (Wildman–Crippen MR) is 108 cm³/mol. The van der Waals surface area contributed by atoms with E-state index in [4.69, 9.17) is 9.47 Å². The van der Waals surface area contributed by atoms with Crippen LogP contribution in [-0.4, -0.2) is 46.9 Å². The van der Waals surface area contributed by atoms with Crippen molar-refractivity contribution in [3.63, 3.8) is 0 Å². The quantitative estimate of drug-likeness (QED) is 0.523. The molecule has 0 atom stereocenters. The molecule has 1 saturated carbocycles. The molecule has 0 unspecified atom stereocenters. The van der Waals surface area contributed by atoms with Crippen LogP contribution in [0.25, 0.3) is 0 Å². The molecule has 0 spiro atoms. The second-order valence-electron chi connectivity index (χ2n) is 7.37. The molecule has 0 aliphatic heterocycles. The van der Waals surface area contributed by atoms with Crippen LogP contribution < -0.4 is 15.4 Å². The standard InChI is InChI=1S/C21H35N3O2/c1-17-7-8-19(26-4)18(15-17)9-13-23-20(22-2)24-16-21(12-14-25-3)10-5-6-11-21/h7-8,15H,5-6,9-14,16H2,1-4H3,(H2,22,23,24). The number of ether oxygens (including phenoxy) is 2. The van der Waals surface area contributed by atoms with Crippen molar-refractivity contribution in [2.75, 3.05) is 41.0 Å². The van der Waals surface area contributed by atoms with Gasteiger partial charge >= 0.3 is 0 Å². The molecule has 5 nitrogen and oxygen atoms in total. The Morgan fingerprint density at radius 3 is 2.62 bits per heavy atom. The zero-order valence-electron chi connectivity index (χ0n) is 16.9. The van der Waals surface area contributed by atoms with Crippen LogP contribution in [0.4, 0.5) is 0 Å². The number of guanidine groups is 1. The summed E-state index contributed by atoms with van der Waals surface area (Å²) in [5, 5.41) is 6.98. The van der Waals surface area contributed by atoms with Gasteiger partial charge < -0.3 is 20.1 Å². The molecule has 26 heavy (non-hydrogen) atoms. The molecule has 0 bridgehead atoms. The summed E-state index contributed by atoms with van der Waals surface area (Å²) in [6, 6.07) is 6.31. The fourth-order valence-corrected chi connectivity index (χ4v) is 3.87. The summed E-state index contributed by atoms with van der Waals surface area (Å²) >= 11 is 0. The number of hydrogen-bond donors (Lipinski definition) is 2. The Labute approximate surface area is 158 Å². The molecule has 1 aromatic rings. The molecule has 1 aliphatic rings. The first-order valence-corrected chi connectivity index (χ1v) is 9.69. The summed E-state index contributed by atoms with van der Waals surface area (Å²) in [6.07, 6.45) is 7.23. The average molecular weight is 362 g/mol. The van der Waals surface area contributed by atoms with Crippen LogP contribution in [-0.2, 0) is 11.2 Å². The van der Waals surface area contributed by atoms with E-state index in [0.29, 0.717) is 5.41 Å².